The van der Waals surface area contributed by atoms with Gasteiger partial charge in [-0.15, -0.1) is 11.3 Å². The molecule has 3 nitrogen and oxygen atoms in total. The molecule has 1 unspecified atom stereocenters. The van der Waals surface area contributed by atoms with Gasteiger partial charge in [0.1, 0.15) is 0 Å². The summed E-state index contributed by atoms with van der Waals surface area (Å²) in [5.74, 6) is 0. The normalized spacial score (nSPS) is 12.2. The van der Waals surface area contributed by atoms with Gasteiger partial charge in [-0.1, -0.05) is 13.0 Å². The van der Waals surface area contributed by atoms with E-state index in [0.29, 0.717) is 0 Å². The van der Waals surface area contributed by atoms with Crippen LogP contribution >= 0.6 is 11.3 Å². The lowest BCUT2D eigenvalue weighted by Crippen LogP contribution is -2.36. The smallest absolute Gasteiger partial charge is 0.317 e. The Hall–Kier alpha value is -1.03. The minimum Gasteiger partial charge on any atom is -0.331 e. The summed E-state index contributed by atoms with van der Waals surface area (Å²) in [5.41, 5.74) is 0. The van der Waals surface area contributed by atoms with Crippen molar-refractivity contribution >= 4 is 17.4 Å². The predicted molar refractivity (Wildman–Crippen MR) is 59.6 cm³/mol. The van der Waals surface area contributed by atoms with Crippen LogP contribution in [0.15, 0.2) is 17.5 Å². The Balaban J connectivity index is 2.61. The molecule has 0 bridgehead atoms. The Labute approximate surface area is 88.7 Å². The summed E-state index contributed by atoms with van der Waals surface area (Å²) in [7, 11) is 3.49. The molecule has 0 aliphatic heterocycles. The standard InChI is InChI=1S/C10H16N2OS/c1-4-8(9-6-5-7-14-9)11-10(13)12(2)3/h5-8H,4H2,1-3H3,(H,11,13). The van der Waals surface area contributed by atoms with Gasteiger partial charge in [0.2, 0.25) is 0 Å². The lowest BCUT2D eigenvalue weighted by atomic mass is 10.2. The quantitative estimate of drug-likeness (QED) is 0.820. The molecule has 1 heterocycles. The Bertz CT molecular complexity index is 282. The van der Waals surface area contributed by atoms with Gasteiger partial charge >= 0.3 is 6.03 Å². The molecule has 0 saturated heterocycles. The van der Waals surface area contributed by atoms with E-state index in [2.05, 4.69) is 18.3 Å². The molecule has 1 N–H and O–H groups in total. The van der Waals surface area contributed by atoms with Crippen molar-refractivity contribution in [2.24, 2.45) is 0 Å². The maximum Gasteiger partial charge on any atom is 0.317 e. The number of nitrogens with zero attached hydrogens (tertiary/aromatic N) is 1. The van der Waals surface area contributed by atoms with Gasteiger partial charge in [0, 0.05) is 19.0 Å². The highest BCUT2D eigenvalue weighted by atomic mass is 32.1. The van der Waals surface area contributed by atoms with Crippen LogP contribution in [0.4, 0.5) is 4.79 Å². The summed E-state index contributed by atoms with van der Waals surface area (Å²) in [6, 6.07) is 4.16. The Morgan fingerprint density at radius 3 is 2.79 bits per heavy atom. The summed E-state index contributed by atoms with van der Waals surface area (Å²) in [6.07, 6.45) is 0.917. The highest BCUT2D eigenvalue weighted by Gasteiger charge is 2.13. The number of hydrogen-bond acceptors (Lipinski definition) is 2. The third-order valence-corrected chi connectivity index (χ3v) is 2.98. The molecular weight excluding hydrogens is 196 g/mol. The number of amides is 2. The second kappa shape index (κ2) is 5.00. The first-order chi connectivity index (χ1) is 6.65. The van der Waals surface area contributed by atoms with Crippen LogP contribution in [0.2, 0.25) is 0 Å². The van der Waals surface area contributed by atoms with Gasteiger partial charge in [-0.2, -0.15) is 0 Å². The topological polar surface area (TPSA) is 32.3 Å². The minimum absolute atomic E-state index is 0.0368. The van der Waals surface area contributed by atoms with E-state index in [1.807, 2.05) is 11.4 Å². The van der Waals surface area contributed by atoms with Crippen molar-refractivity contribution < 1.29 is 4.79 Å². The van der Waals surface area contributed by atoms with Crippen molar-refractivity contribution in [3.8, 4) is 0 Å². The van der Waals surface area contributed by atoms with Crippen LogP contribution < -0.4 is 5.32 Å². The molecule has 0 spiro atoms. The zero-order chi connectivity index (χ0) is 10.6. The van der Waals surface area contributed by atoms with E-state index in [1.54, 1.807) is 30.3 Å². The molecule has 4 heteroatoms. The number of hydrogen-bond donors (Lipinski definition) is 1. The second-order valence-electron chi connectivity index (χ2n) is 3.32. The van der Waals surface area contributed by atoms with Gasteiger partial charge in [0.05, 0.1) is 6.04 Å². The second-order valence-corrected chi connectivity index (χ2v) is 4.30. The fourth-order valence-electron chi connectivity index (χ4n) is 1.14. The fourth-order valence-corrected chi connectivity index (χ4v) is 2.00. The summed E-state index contributed by atoms with van der Waals surface area (Å²) < 4.78 is 0. The summed E-state index contributed by atoms with van der Waals surface area (Å²) in [4.78, 5) is 14.2. The zero-order valence-corrected chi connectivity index (χ0v) is 9.60. The number of rotatable bonds is 3. The van der Waals surface area contributed by atoms with Crippen molar-refractivity contribution in [3.05, 3.63) is 22.4 Å². The van der Waals surface area contributed by atoms with Crippen LogP contribution in [-0.2, 0) is 0 Å². The first-order valence-electron chi connectivity index (χ1n) is 4.66. The zero-order valence-electron chi connectivity index (χ0n) is 8.78. The van der Waals surface area contributed by atoms with Crippen LogP contribution in [0.5, 0.6) is 0 Å². The Kier molecular flexibility index (Phi) is 3.95. The first-order valence-corrected chi connectivity index (χ1v) is 5.54. The molecule has 0 aliphatic rings. The minimum atomic E-state index is -0.0368. The van der Waals surface area contributed by atoms with E-state index in [-0.39, 0.29) is 12.1 Å². The fraction of sp³-hybridized carbons (Fsp3) is 0.500. The largest absolute Gasteiger partial charge is 0.331 e. The molecule has 1 atom stereocenters. The van der Waals surface area contributed by atoms with Gasteiger partial charge in [0.25, 0.3) is 0 Å². The van der Waals surface area contributed by atoms with Crippen LogP contribution in [0, 0.1) is 0 Å². The van der Waals surface area contributed by atoms with E-state index in [1.165, 1.54) is 4.88 Å². The van der Waals surface area contributed by atoms with E-state index in [4.69, 9.17) is 0 Å². The molecule has 0 aliphatic carbocycles. The van der Waals surface area contributed by atoms with Crippen molar-refractivity contribution in [2.75, 3.05) is 14.1 Å². The molecular formula is C10H16N2OS. The molecule has 1 aromatic rings. The molecule has 0 saturated carbocycles. The SMILES string of the molecule is CCC(NC(=O)N(C)C)c1cccs1. The summed E-state index contributed by atoms with van der Waals surface area (Å²) in [6.45, 7) is 2.07. The maximum atomic E-state index is 11.4. The summed E-state index contributed by atoms with van der Waals surface area (Å²) >= 11 is 1.68. The van der Waals surface area contributed by atoms with Crippen LogP contribution in [0.1, 0.15) is 24.3 Å². The molecule has 1 aromatic heterocycles. The number of thiophene rings is 1. The molecule has 0 radical (unpaired) electrons. The molecule has 14 heavy (non-hydrogen) atoms. The molecule has 78 valence electrons. The van der Waals surface area contributed by atoms with Gasteiger partial charge in [-0.3, -0.25) is 0 Å². The molecule has 0 aromatic carbocycles. The Morgan fingerprint density at radius 1 is 1.64 bits per heavy atom. The first kappa shape index (κ1) is 11.0. The van der Waals surface area contributed by atoms with Crippen molar-refractivity contribution in [2.45, 2.75) is 19.4 Å². The van der Waals surface area contributed by atoms with E-state index in [9.17, 15) is 4.79 Å². The Morgan fingerprint density at radius 2 is 2.36 bits per heavy atom. The van der Waals surface area contributed by atoms with E-state index in [0.717, 1.165) is 6.42 Å². The highest BCUT2D eigenvalue weighted by Crippen LogP contribution is 2.21. The molecule has 2 amide bonds. The summed E-state index contributed by atoms with van der Waals surface area (Å²) in [5, 5.41) is 4.99. The average molecular weight is 212 g/mol. The van der Waals surface area contributed by atoms with Gasteiger partial charge in [-0.05, 0) is 17.9 Å². The van der Waals surface area contributed by atoms with Crippen molar-refractivity contribution in [3.63, 3.8) is 0 Å². The highest BCUT2D eigenvalue weighted by molar-refractivity contribution is 7.10. The van der Waals surface area contributed by atoms with Crippen LogP contribution in [0.3, 0.4) is 0 Å². The maximum absolute atomic E-state index is 11.4. The lowest BCUT2D eigenvalue weighted by molar-refractivity contribution is 0.213. The van der Waals surface area contributed by atoms with Gasteiger partial charge in [0.15, 0.2) is 0 Å². The van der Waals surface area contributed by atoms with Gasteiger partial charge in [-0.25, -0.2) is 4.79 Å². The van der Waals surface area contributed by atoms with Crippen LogP contribution in [-0.4, -0.2) is 25.0 Å². The molecule has 0 fully saturated rings. The number of nitrogens with one attached hydrogen (secondary N) is 1. The third kappa shape index (κ3) is 2.73. The van der Waals surface area contributed by atoms with Crippen molar-refractivity contribution in [1.29, 1.82) is 0 Å². The number of urea groups is 1. The average Bonchev–Trinajstić information content (AvgIpc) is 2.66. The van der Waals surface area contributed by atoms with Crippen LogP contribution in [0.25, 0.3) is 0 Å². The van der Waals surface area contributed by atoms with E-state index < -0.39 is 0 Å². The number of carbonyl (C=O) groups excluding carboxylic acids is 1. The monoisotopic (exact) mass is 212 g/mol. The predicted octanol–water partition coefficient (Wildman–Crippen LogP) is 2.47. The number of carbonyl (C=O) groups is 1. The molecule has 1 rings (SSSR count). The van der Waals surface area contributed by atoms with E-state index >= 15 is 0 Å². The van der Waals surface area contributed by atoms with Gasteiger partial charge < -0.3 is 10.2 Å². The third-order valence-electron chi connectivity index (χ3n) is 2.00. The van der Waals surface area contributed by atoms with Crippen molar-refractivity contribution in [1.82, 2.24) is 10.2 Å². The lowest BCUT2D eigenvalue weighted by Gasteiger charge is -2.18.